The van der Waals surface area contributed by atoms with Crippen molar-refractivity contribution in [2.45, 2.75) is 12.2 Å². The molecule has 0 radical (unpaired) electrons. The van der Waals surface area contributed by atoms with Crippen molar-refractivity contribution in [2.75, 3.05) is 7.11 Å². The van der Waals surface area contributed by atoms with Crippen LogP contribution < -0.4 is 24.0 Å². The Kier molecular flexibility index (Phi) is 13.8. The van der Waals surface area contributed by atoms with Crippen LogP contribution in [0.3, 0.4) is 0 Å². The minimum atomic E-state index is -2.38. The number of aliphatic carboxylic acids is 2. The molecule has 0 bridgehead atoms. The van der Waals surface area contributed by atoms with E-state index in [1.807, 2.05) is 0 Å². The third kappa shape index (κ3) is 10.9. The molecule has 0 amide bonds. The minimum Gasteiger partial charge on any atom is -0.547 e. The van der Waals surface area contributed by atoms with Crippen LogP contribution in [0, 0.1) is 0 Å². The molecule has 0 aliphatic heterocycles. The van der Waals surface area contributed by atoms with Gasteiger partial charge in [0.25, 0.3) is 0 Å². The molecule has 0 aromatic carbocycles. The summed E-state index contributed by atoms with van der Waals surface area (Å²) in [7, 11) is 1.31. The standard InChI is InChI=1S/C4H6O6.C4H6O2.Li/c5-1(3(7)8)2(6)4(9)10;1-3-4(5)6-2;/h1-2,5-6H,(H,7,8)(H,9,10);3H,1H2,2H3;/q;;+1/p-1. The van der Waals surface area contributed by atoms with Gasteiger partial charge in [-0.05, 0) is 0 Å². The summed E-state index contributed by atoms with van der Waals surface area (Å²) in [5.41, 5.74) is 0. The van der Waals surface area contributed by atoms with Crippen LogP contribution in [0.5, 0.6) is 0 Å². The van der Waals surface area contributed by atoms with Crippen LogP contribution in [0.25, 0.3) is 0 Å². The van der Waals surface area contributed by atoms with Gasteiger partial charge in [0.2, 0.25) is 0 Å². The third-order valence-corrected chi connectivity index (χ3v) is 1.16. The van der Waals surface area contributed by atoms with E-state index in [1.165, 1.54) is 7.11 Å². The zero-order valence-electron chi connectivity index (χ0n) is 9.32. The summed E-state index contributed by atoms with van der Waals surface area (Å²) in [6.07, 6.45) is -3.59. The normalized spacial score (nSPS) is 11.7. The van der Waals surface area contributed by atoms with Crippen LogP contribution in [0.15, 0.2) is 12.7 Å². The maximum absolute atomic E-state index is 9.84. The summed E-state index contributed by atoms with van der Waals surface area (Å²) < 4.78 is 4.14. The summed E-state index contributed by atoms with van der Waals surface area (Å²) in [6.45, 7) is 3.16. The number of aliphatic hydroxyl groups is 2. The number of carboxylic acids is 2. The molecular weight excluding hydrogens is 231 g/mol. The summed E-state index contributed by atoms with van der Waals surface area (Å²) in [5.74, 6) is -4.22. The first-order chi connectivity index (χ1) is 7.27. The Morgan fingerprint density at radius 1 is 1.29 bits per heavy atom. The molecule has 0 saturated heterocycles. The van der Waals surface area contributed by atoms with Gasteiger partial charge >= 0.3 is 30.8 Å². The molecule has 17 heavy (non-hydrogen) atoms. The van der Waals surface area contributed by atoms with Gasteiger partial charge in [0.1, 0.15) is 6.10 Å². The number of aliphatic hydroxyl groups excluding tert-OH is 2. The second-order valence-corrected chi connectivity index (χ2v) is 2.27. The van der Waals surface area contributed by atoms with Crippen LogP contribution in [-0.2, 0) is 19.1 Å². The molecular formula is C8H11LiO8. The second kappa shape index (κ2) is 11.2. The Hall–Kier alpha value is -1.33. The predicted molar refractivity (Wildman–Crippen MR) is 46.9 cm³/mol. The van der Waals surface area contributed by atoms with Crippen molar-refractivity contribution in [3.8, 4) is 0 Å². The van der Waals surface area contributed by atoms with Crippen LogP contribution in [0.2, 0.25) is 0 Å². The first-order valence-corrected chi connectivity index (χ1v) is 3.78. The molecule has 0 fully saturated rings. The monoisotopic (exact) mass is 242 g/mol. The quantitative estimate of drug-likeness (QED) is 0.251. The number of carbonyl (C=O) groups excluding carboxylic acids is 2. The van der Waals surface area contributed by atoms with E-state index in [1.54, 1.807) is 0 Å². The van der Waals surface area contributed by atoms with E-state index in [2.05, 4.69) is 11.3 Å². The van der Waals surface area contributed by atoms with Crippen LogP contribution >= 0.6 is 0 Å². The zero-order chi connectivity index (χ0) is 13.3. The summed E-state index contributed by atoms with van der Waals surface area (Å²) >= 11 is 0. The van der Waals surface area contributed by atoms with E-state index in [0.717, 1.165) is 6.08 Å². The van der Waals surface area contributed by atoms with E-state index in [4.69, 9.17) is 15.3 Å². The van der Waals surface area contributed by atoms with Gasteiger partial charge in [-0.25, -0.2) is 9.59 Å². The summed E-state index contributed by atoms with van der Waals surface area (Å²) in [4.78, 5) is 29.2. The SMILES string of the molecule is C=CC(=O)OC.O=C([O-])C(O)C(O)C(=O)O.[Li+]. The molecule has 8 nitrogen and oxygen atoms in total. The Balaban J connectivity index is -0.000000244. The first kappa shape index (κ1) is 21.0. The number of carbonyl (C=O) groups is 3. The Labute approximate surface area is 109 Å². The molecule has 0 spiro atoms. The fourth-order valence-corrected chi connectivity index (χ4v) is 0.347. The number of hydrogen-bond donors (Lipinski definition) is 3. The predicted octanol–water partition coefficient (Wildman–Crippen LogP) is -6.11. The Morgan fingerprint density at radius 2 is 1.71 bits per heavy atom. The largest absolute Gasteiger partial charge is 1.00 e. The van der Waals surface area contributed by atoms with Gasteiger partial charge in [-0.1, -0.05) is 6.58 Å². The molecule has 9 heteroatoms. The molecule has 0 aromatic heterocycles. The third-order valence-electron chi connectivity index (χ3n) is 1.16. The molecule has 2 unspecified atom stereocenters. The average Bonchev–Trinajstić information content (AvgIpc) is 2.26. The number of ether oxygens (including phenoxy) is 1. The Morgan fingerprint density at radius 3 is 1.76 bits per heavy atom. The number of esters is 1. The van der Waals surface area contributed by atoms with Gasteiger partial charge in [-0.2, -0.15) is 0 Å². The van der Waals surface area contributed by atoms with E-state index in [0.29, 0.717) is 0 Å². The molecule has 0 heterocycles. The average molecular weight is 242 g/mol. The van der Waals surface area contributed by atoms with Gasteiger partial charge in [-0.3, -0.25) is 0 Å². The molecule has 0 saturated carbocycles. The van der Waals surface area contributed by atoms with E-state index < -0.39 is 30.1 Å². The number of methoxy groups -OCH3 is 1. The summed E-state index contributed by atoms with van der Waals surface area (Å²) in [5, 5.41) is 34.1. The summed E-state index contributed by atoms with van der Waals surface area (Å²) in [6, 6.07) is 0. The molecule has 92 valence electrons. The maximum Gasteiger partial charge on any atom is 1.00 e. The van der Waals surface area contributed by atoms with Crippen LogP contribution in [-0.4, -0.2) is 52.5 Å². The van der Waals surface area contributed by atoms with Crippen molar-refractivity contribution in [2.24, 2.45) is 0 Å². The maximum atomic E-state index is 9.84. The zero-order valence-corrected chi connectivity index (χ0v) is 9.32. The molecule has 3 N–H and O–H groups in total. The van der Waals surface area contributed by atoms with Gasteiger partial charge < -0.3 is 30.0 Å². The van der Waals surface area contributed by atoms with E-state index in [9.17, 15) is 19.5 Å². The van der Waals surface area contributed by atoms with Crippen molar-refractivity contribution >= 4 is 17.9 Å². The number of carboxylic acid groups (broad SMARTS) is 2. The van der Waals surface area contributed by atoms with Crippen molar-refractivity contribution in [1.82, 2.24) is 0 Å². The van der Waals surface area contributed by atoms with Gasteiger partial charge in [0.15, 0.2) is 6.10 Å². The molecule has 2 atom stereocenters. The molecule has 0 aromatic rings. The molecule has 0 aliphatic rings. The van der Waals surface area contributed by atoms with E-state index in [-0.39, 0.29) is 18.9 Å². The van der Waals surface area contributed by atoms with Crippen molar-refractivity contribution in [3.05, 3.63) is 12.7 Å². The van der Waals surface area contributed by atoms with Crippen molar-refractivity contribution in [1.29, 1.82) is 0 Å². The smallest absolute Gasteiger partial charge is 0.547 e. The fraction of sp³-hybridized carbons (Fsp3) is 0.375. The van der Waals surface area contributed by atoms with Crippen molar-refractivity contribution < 1.29 is 58.4 Å². The minimum absolute atomic E-state index is 0. The van der Waals surface area contributed by atoms with Gasteiger partial charge in [-0.15, -0.1) is 0 Å². The molecule has 0 aliphatic carbocycles. The van der Waals surface area contributed by atoms with Gasteiger partial charge in [0.05, 0.1) is 13.1 Å². The number of rotatable bonds is 4. The van der Waals surface area contributed by atoms with Gasteiger partial charge in [0, 0.05) is 6.08 Å². The fourth-order valence-electron chi connectivity index (χ4n) is 0.347. The first-order valence-electron chi connectivity index (χ1n) is 3.78. The number of hydrogen-bond acceptors (Lipinski definition) is 7. The van der Waals surface area contributed by atoms with Crippen molar-refractivity contribution in [3.63, 3.8) is 0 Å². The van der Waals surface area contributed by atoms with Crippen LogP contribution in [0.4, 0.5) is 0 Å². The van der Waals surface area contributed by atoms with Crippen LogP contribution in [0.1, 0.15) is 0 Å². The topological polar surface area (TPSA) is 144 Å². The Bertz CT molecular complexity index is 259. The van der Waals surface area contributed by atoms with E-state index >= 15 is 0 Å². The second-order valence-electron chi connectivity index (χ2n) is 2.27. The molecule has 0 rings (SSSR count).